The highest BCUT2D eigenvalue weighted by atomic mass is 79.9. The van der Waals surface area contributed by atoms with E-state index in [0.29, 0.717) is 30.6 Å². The van der Waals surface area contributed by atoms with Gasteiger partial charge < -0.3 is 14.4 Å². The minimum absolute atomic E-state index is 0.0797. The van der Waals surface area contributed by atoms with E-state index in [1.54, 1.807) is 0 Å². The number of ether oxygens (including phenoxy) is 2. The number of hydrogen-bond donors (Lipinski definition) is 0. The molecule has 0 saturated carbocycles. The van der Waals surface area contributed by atoms with E-state index in [-0.39, 0.29) is 12.0 Å². The van der Waals surface area contributed by atoms with Crippen LogP contribution in [0.2, 0.25) is 0 Å². The molecule has 2 saturated heterocycles. The zero-order valence-electron chi connectivity index (χ0n) is 9.52. The number of carbonyl (C=O) groups excluding carboxylic acids is 1. The first kappa shape index (κ1) is 12.3. The SMILES string of the molecule is CC1CCN(C(=O)C2COCCO2)CC1Br. The normalized spacial score (nSPS) is 36.1. The summed E-state index contributed by atoms with van der Waals surface area (Å²) >= 11 is 3.62. The molecule has 0 N–H and O–H groups in total. The second-order valence-corrected chi connectivity index (χ2v) is 5.68. The lowest BCUT2D eigenvalue weighted by Gasteiger charge is -2.36. The topological polar surface area (TPSA) is 38.8 Å². The van der Waals surface area contributed by atoms with Crippen molar-refractivity contribution in [2.75, 3.05) is 32.9 Å². The molecular formula is C11H18BrNO3. The van der Waals surface area contributed by atoms with E-state index in [1.165, 1.54) is 0 Å². The van der Waals surface area contributed by atoms with Gasteiger partial charge in [-0.1, -0.05) is 22.9 Å². The molecule has 0 spiro atoms. The summed E-state index contributed by atoms with van der Waals surface area (Å²) in [5.41, 5.74) is 0. The van der Waals surface area contributed by atoms with Gasteiger partial charge in [-0.2, -0.15) is 0 Å². The van der Waals surface area contributed by atoms with Gasteiger partial charge in [0, 0.05) is 17.9 Å². The molecule has 0 radical (unpaired) electrons. The van der Waals surface area contributed by atoms with Crippen molar-refractivity contribution in [3.8, 4) is 0 Å². The van der Waals surface area contributed by atoms with Crippen molar-refractivity contribution in [3.05, 3.63) is 0 Å². The summed E-state index contributed by atoms with van der Waals surface area (Å²) in [5.74, 6) is 0.712. The number of nitrogens with zero attached hydrogens (tertiary/aromatic N) is 1. The van der Waals surface area contributed by atoms with Crippen molar-refractivity contribution in [2.45, 2.75) is 24.3 Å². The highest BCUT2D eigenvalue weighted by Crippen LogP contribution is 2.24. The van der Waals surface area contributed by atoms with Crippen molar-refractivity contribution in [1.29, 1.82) is 0 Å². The van der Waals surface area contributed by atoms with E-state index in [4.69, 9.17) is 9.47 Å². The third-order valence-electron chi connectivity index (χ3n) is 3.27. The first-order valence-corrected chi connectivity index (χ1v) is 6.72. The van der Waals surface area contributed by atoms with Gasteiger partial charge in [0.05, 0.1) is 19.8 Å². The lowest BCUT2D eigenvalue weighted by Crippen LogP contribution is -2.50. The predicted octanol–water partition coefficient (Wildman–Crippen LogP) is 1.03. The number of alkyl halides is 1. The van der Waals surface area contributed by atoms with Crippen LogP contribution in [0.5, 0.6) is 0 Å². The molecule has 2 aliphatic heterocycles. The Morgan fingerprint density at radius 1 is 1.44 bits per heavy atom. The molecule has 4 nitrogen and oxygen atoms in total. The van der Waals surface area contributed by atoms with Gasteiger partial charge in [0.1, 0.15) is 0 Å². The van der Waals surface area contributed by atoms with E-state index in [9.17, 15) is 4.79 Å². The monoisotopic (exact) mass is 291 g/mol. The molecular weight excluding hydrogens is 274 g/mol. The Balaban J connectivity index is 1.89. The maximum absolute atomic E-state index is 12.1. The fourth-order valence-electron chi connectivity index (χ4n) is 2.06. The maximum atomic E-state index is 12.1. The van der Waals surface area contributed by atoms with Gasteiger partial charge in [-0.3, -0.25) is 4.79 Å². The van der Waals surface area contributed by atoms with Crippen LogP contribution in [0.25, 0.3) is 0 Å². The zero-order chi connectivity index (χ0) is 11.5. The first-order valence-electron chi connectivity index (χ1n) is 5.80. The van der Waals surface area contributed by atoms with Crippen LogP contribution in [0.1, 0.15) is 13.3 Å². The second kappa shape index (κ2) is 5.47. The Morgan fingerprint density at radius 3 is 2.88 bits per heavy atom. The molecule has 92 valence electrons. The summed E-state index contributed by atoms with van der Waals surface area (Å²) in [7, 11) is 0. The lowest BCUT2D eigenvalue weighted by molar-refractivity contribution is -0.159. The fourth-order valence-corrected chi connectivity index (χ4v) is 2.67. The van der Waals surface area contributed by atoms with E-state index in [2.05, 4.69) is 22.9 Å². The van der Waals surface area contributed by atoms with Crippen molar-refractivity contribution in [1.82, 2.24) is 4.90 Å². The molecule has 0 aliphatic carbocycles. The number of rotatable bonds is 1. The molecule has 16 heavy (non-hydrogen) atoms. The number of hydrogen-bond acceptors (Lipinski definition) is 3. The van der Waals surface area contributed by atoms with Gasteiger partial charge in [-0.25, -0.2) is 0 Å². The number of likely N-dealkylation sites (tertiary alicyclic amines) is 1. The van der Waals surface area contributed by atoms with Crippen LogP contribution in [-0.4, -0.2) is 54.6 Å². The Hall–Kier alpha value is -0.130. The molecule has 5 heteroatoms. The van der Waals surface area contributed by atoms with Crippen LogP contribution >= 0.6 is 15.9 Å². The number of piperidine rings is 1. The molecule has 0 bridgehead atoms. The van der Waals surface area contributed by atoms with E-state index < -0.39 is 0 Å². The molecule has 2 fully saturated rings. The van der Waals surface area contributed by atoms with Gasteiger partial charge in [0.25, 0.3) is 5.91 Å². The third-order valence-corrected chi connectivity index (χ3v) is 4.46. The summed E-state index contributed by atoms with van der Waals surface area (Å²) in [4.78, 5) is 14.4. The van der Waals surface area contributed by atoms with Crippen molar-refractivity contribution in [2.24, 2.45) is 5.92 Å². The largest absolute Gasteiger partial charge is 0.376 e. The summed E-state index contributed by atoms with van der Waals surface area (Å²) < 4.78 is 10.7. The van der Waals surface area contributed by atoms with Crippen LogP contribution in [0.3, 0.4) is 0 Å². The van der Waals surface area contributed by atoms with E-state index in [1.807, 2.05) is 4.90 Å². The van der Waals surface area contributed by atoms with Gasteiger partial charge >= 0.3 is 0 Å². The summed E-state index contributed by atoms with van der Waals surface area (Å²) in [5, 5.41) is 0. The smallest absolute Gasteiger partial charge is 0.254 e. The van der Waals surface area contributed by atoms with Crippen LogP contribution in [0.4, 0.5) is 0 Å². The molecule has 0 aromatic rings. The quantitative estimate of drug-likeness (QED) is 0.678. The van der Waals surface area contributed by atoms with Gasteiger partial charge in [0.15, 0.2) is 6.10 Å². The molecule has 0 aromatic carbocycles. The number of amides is 1. The van der Waals surface area contributed by atoms with Crippen molar-refractivity contribution < 1.29 is 14.3 Å². The highest BCUT2D eigenvalue weighted by Gasteiger charge is 2.32. The average Bonchev–Trinajstić information content (AvgIpc) is 2.33. The van der Waals surface area contributed by atoms with Crippen LogP contribution in [-0.2, 0) is 14.3 Å². The minimum atomic E-state index is -0.387. The number of halogens is 1. The van der Waals surface area contributed by atoms with Gasteiger partial charge in [0.2, 0.25) is 0 Å². The van der Waals surface area contributed by atoms with Gasteiger partial charge in [-0.15, -0.1) is 0 Å². The summed E-state index contributed by atoms with van der Waals surface area (Å²) in [6.45, 7) is 5.35. The Kier molecular flexibility index (Phi) is 4.21. The molecule has 2 rings (SSSR count). The number of carbonyl (C=O) groups is 1. The average molecular weight is 292 g/mol. The molecule has 1 amide bonds. The molecule has 0 aromatic heterocycles. The summed E-state index contributed by atoms with van der Waals surface area (Å²) in [6.07, 6.45) is 0.664. The zero-order valence-corrected chi connectivity index (χ0v) is 11.1. The Labute approximate surface area is 104 Å². The third kappa shape index (κ3) is 2.76. The standard InChI is InChI=1S/C11H18BrNO3/c1-8-2-3-13(6-9(8)12)11(14)10-7-15-4-5-16-10/h8-10H,2-7H2,1H3. The minimum Gasteiger partial charge on any atom is -0.376 e. The van der Waals surface area contributed by atoms with Crippen LogP contribution in [0.15, 0.2) is 0 Å². The van der Waals surface area contributed by atoms with Crippen LogP contribution < -0.4 is 0 Å². The predicted molar refractivity (Wildman–Crippen MR) is 63.6 cm³/mol. The molecule has 2 heterocycles. The highest BCUT2D eigenvalue weighted by molar-refractivity contribution is 9.09. The first-order chi connectivity index (χ1) is 7.68. The van der Waals surface area contributed by atoms with Crippen molar-refractivity contribution in [3.63, 3.8) is 0 Å². The lowest BCUT2D eigenvalue weighted by atomic mass is 9.98. The van der Waals surface area contributed by atoms with Crippen LogP contribution in [0, 0.1) is 5.92 Å². The molecule has 3 unspecified atom stereocenters. The fraction of sp³-hybridized carbons (Fsp3) is 0.909. The van der Waals surface area contributed by atoms with E-state index >= 15 is 0 Å². The van der Waals surface area contributed by atoms with Crippen molar-refractivity contribution >= 4 is 21.8 Å². The Morgan fingerprint density at radius 2 is 2.25 bits per heavy atom. The maximum Gasteiger partial charge on any atom is 0.254 e. The molecule has 3 atom stereocenters. The molecule has 2 aliphatic rings. The van der Waals surface area contributed by atoms with E-state index in [0.717, 1.165) is 19.5 Å². The summed E-state index contributed by atoms with van der Waals surface area (Å²) in [6, 6.07) is 0. The Bertz CT molecular complexity index is 256. The van der Waals surface area contributed by atoms with Gasteiger partial charge in [-0.05, 0) is 12.3 Å². The second-order valence-electron chi connectivity index (χ2n) is 4.50.